The molecule has 1 amide bonds. The molecule has 0 saturated carbocycles. The molecule has 4 rings (SSSR count). The normalized spacial score (nSPS) is 11.6. The first kappa shape index (κ1) is 20.2. The topological polar surface area (TPSA) is 94.6 Å². The molecular formula is C24H20N2O5. The van der Waals surface area contributed by atoms with Crippen molar-refractivity contribution in [2.75, 3.05) is 0 Å². The first-order valence-corrected chi connectivity index (χ1v) is 9.73. The van der Waals surface area contributed by atoms with E-state index in [4.69, 9.17) is 13.6 Å². The molecule has 1 atom stereocenters. The van der Waals surface area contributed by atoms with E-state index in [2.05, 4.69) is 10.3 Å². The van der Waals surface area contributed by atoms with Gasteiger partial charge in [-0.2, -0.15) is 0 Å². The number of esters is 1. The minimum Gasteiger partial charge on any atom is -0.467 e. The van der Waals surface area contributed by atoms with Gasteiger partial charge in [0.2, 0.25) is 5.89 Å². The zero-order valence-corrected chi connectivity index (χ0v) is 16.8. The van der Waals surface area contributed by atoms with Crippen molar-refractivity contribution in [2.45, 2.75) is 19.6 Å². The van der Waals surface area contributed by atoms with Crippen molar-refractivity contribution >= 4 is 11.9 Å². The molecule has 2 aromatic carbocycles. The van der Waals surface area contributed by atoms with Crippen LogP contribution >= 0.6 is 0 Å². The van der Waals surface area contributed by atoms with E-state index in [1.165, 1.54) is 13.2 Å². The molecule has 2 aromatic heterocycles. The first-order chi connectivity index (χ1) is 15.1. The highest BCUT2D eigenvalue weighted by atomic mass is 16.5. The molecule has 7 nitrogen and oxygen atoms in total. The summed E-state index contributed by atoms with van der Waals surface area (Å²) in [4.78, 5) is 29.3. The summed E-state index contributed by atoms with van der Waals surface area (Å²) in [6, 6.07) is 19.8. The number of carbonyl (C=O) groups excluding carboxylic acids is 2. The second-order valence-electron chi connectivity index (χ2n) is 6.79. The Labute approximate surface area is 178 Å². The maximum absolute atomic E-state index is 12.8. The number of nitrogens with zero attached hydrogens (tertiary/aromatic N) is 1. The Kier molecular flexibility index (Phi) is 5.93. The third kappa shape index (κ3) is 4.72. The number of hydrogen-bond donors (Lipinski definition) is 1. The van der Waals surface area contributed by atoms with Crippen LogP contribution in [0, 0.1) is 0 Å². The molecule has 31 heavy (non-hydrogen) atoms. The van der Waals surface area contributed by atoms with Gasteiger partial charge in [-0.25, -0.2) is 9.78 Å². The molecule has 7 heteroatoms. The monoisotopic (exact) mass is 416 g/mol. The molecule has 0 radical (unpaired) electrons. The molecule has 0 unspecified atom stereocenters. The predicted molar refractivity (Wildman–Crippen MR) is 113 cm³/mol. The quantitative estimate of drug-likeness (QED) is 0.447. The zero-order chi connectivity index (χ0) is 21.6. The van der Waals surface area contributed by atoms with Gasteiger partial charge in [0, 0.05) is 5.56 Å². The lowest BCUT2D eigenvalue weighted by Crippen LogP contribution is -2.35. The fourth-order valence-corrected chi connectivity index (χ4v) is 2.99. The molecule has 0 saturated heterocycles. The number of carbonyl (C=O) groups is 2. The molecule has 1 N–H and O–H groups in total. The van der Waals surface area contributed by atoms with Crippen LogP contribution in [0.1, 0.15) is 23.0 Å². The highest BCUT2D eigenvalue weighted by Gasteiger charge is 2.23. The van der Waals surface area contributed by atoms with Crippen LogP contribution in [0.5, 0.6) is 0 Å². The molecular weight excluding hydrogens is 396 g/mol. The number of benzene rings is 2. The number of hydrogen-bond acceptors (Lipinski definition) is 6. The van der Waals surface area contributed by atoms with Crippen LogP contribution in [0.15, 0.2) is 88.0 Å². The van der Waals surface area contributed by atoms with Crippen molar-refractivity contribution in [3.8, 4) is 22.8 Å². The Hall–Kier alpha value is -4.13. The molecule has 0 aliphatic carbocycles. The fraction of sp³-hybridized carbons (Fsp3) is 0.125. The SMILES string of the molecule is C[C@@H](OC(=O)c1ccccc1-c1ncc(-c2ccccc2)o1)C(=O)NCc1ccco1. The highest BCUT2D eigenvalue weighted by Crippen LogP contribution is 2.28. The number of oxazole rings is 1. The largest absolute Gasteiger partial charge is 0.467 e. The van der Waals surface area contributed by atoms with Gasteiger partial charge in [0.25, 0.3) is 5.91 Å². The summed E-state index contributed by atoms with van der Waals surface area (Å²) in [5, 5.41) is 2.67. The first-order valence-electron chi connectivity index (χ1n) is 9.73. The standard InChI is InChI=1S/C24H20N2O5/c1-16(22(27)25-14-18-10-7-13-29-18)30-24(28)20-12-6-5-11-19(20)23-26-15-21(31-23)17-8-3-2-4-9-17/h2-13,15-16H,14H2,1H3,(H,25,27)/t16-/m1/s1. The van der Waals surface area contributed by atoms with Gasteiger partial charge in [-0.3, -0.25) is 4.79 Å². The number of furan rings is 1. The van der Waals surface area contributed by atoms with E-state index in [1.54, 1.807) is 42.6 Å². The van der Waals surface area contributed by atoms with Crippen molar-refractivity contribution in [3.63, 3.8) is 0 Å². The van der Waals surface area contributed by atoms with E-state index >= 15 is 0 Å². The summed E-state index contributed by atoms with van der Waals surface area (Å²) >= 11 is 0. The maximum atomic E-state index is 12.8. The average Bonchev–Trinajstić information content (AvgIpc) is 3.50. The fourth-order valence-electron chi connectivity index (χ4n) is 2.99. The lowest BCUT2D eigenvalue weighted by molar-refractivity contribution is -0.129. The van der Waals surface area contributed by atoms with Crippen LogP contribution in [-0.4, -0.2) is 23.0 Å². The van der Waals surface area contributed by atoms with Crippen molar-refractivity contribution in [2.24, 2.45) is 0 Å². The van der Waals surface area contributed by atoms with E-state index in [0.29, 0.717) is 23.0 Å². The van der Waals surface area contributed by atoms with Gasteiger partial charge in [0.05, 0.1) is 30.1 Å². The summed E-state index contributed by atoms with van der Waals surface area (Å²) in [6.45, 7) is 1.72. The predicted octanol–water partition coefficient (Wildman–Crippen LogP) is 4.46. The van der Waals surface area contributed by atoms with E-state index < -0.39 is 18.0 Å². The number of rotatable bonds is 7. The Morgan fingerprint density at radius 3 is 2.58 bits per heavy atom. The Morgan fingerprint density at radius 2 is 1.81 bits per heavy atom. The molecule has 2 heterocycles. The lowest BCUT2D eigenvalue weighted by atomic mass is 10.1. The molecule has 0 bridgehead atoms. The summed E-state index contributed by atoms with van der Waals surface area (Å²) in [5.41, 5.74) is 1.62. The van der Waals surface area contributed by atoms with Crippen LogP contribution in [0.25, 0.3) is 22.8 Å². The van der Waals surface area contributed by atoms with Crippen LogP contribution in [-0.2, 0) is 16.1 Å². The number of nitrogens with one attached hydrogen (secondary N) is 1. The van der Waals surface area contributed by atoms with Gasteiger partial charge >= 0.3 is 5.97 Å². The van der Waals surface area contributed by atoms with Crippen molar-refractivity contribution in [1.82, 2.24) is 10.3 Å². The second-order valence-corrected chi connectivity index (χ2v) is 6.79. The summed E-state index contributed by atoms with van der Waals surface area (Å²) in [5.74, 6) is 0.418. The Bertz CT molecular complexity index is 1170. The van der Waals surface area contributed by atoms with E-state index in [-0.39, 0.29) is 12.1 Å². The molecule has 0 aliphatic rings. The molecule has 0 aliphatic heterocycles. The Morgan fingerprint density at radius 1 is 1.03 bits per heavy atom. The number of ether oxygens (including phenoxy) is 1. The van der Waals surface area contributed by atoms with Crippen LogP contribution in [0.4, 0.5) is 0 Å². The summed E-state index contributed by atoms with van der Waals surface area (Å²) < 4.78 is 16.4. The van der Waals surface area contributed by atoms with Gasteiger partial charge in [0.15, 0.2) is 11.9 Å². The van der Waals surface area contributed by atoms with Crippen molar-refractivity contribution in [3.05, 3.63) is 90.5 Å². The Balaban J connectivity index is 1.47. The van der Waals surface area contributed by atoms with E-state index in [0.717, 1.165) is 5.56 Å². The van der Waals surface area contributed by atoms with Crippen LogP contribution in [0.2, 0.25) is 0 Å². The summed E-state index contributed by atoms with van der Waals surface area (Å²) in [6.07, 6.45) is 2.14. The average molecular weight is 416 g/mol. The van der Waals surface area contributed by atoms with Gasteiger partial charge < -0.3 is 18.9 Å². The molecule has 4 aromatic rings. The van der Waals surface area contributed by atoms with Crippen LogP contribution < -0.4 is 5.32 Å². The van der Waals surface area contributed by atoms with Gasteiger partial charge in [0.1, 0.15) is 5.76 Å². The van der Waals surface area contributed by atoms with Gasteiger partial charge in [-0.15, -0.1) is 0 Å². The van der Waals surface area contributed by atoms with Crippen molar-refractivity contribution in [1.29, 1.82) is 0 Å². The minimum atomic E-state index is -0.986. The molecule has 0 spiro atoms. The number of aromatic nitrogens is 1. The number of amides is 1. The molecule has 0 fully saturated rings. The highest BCUT2D eigenvalue weighted by molar-refractivity contribution is 5.97. The minimum absolute atomic E-state index is 0.211. The lowest BCUT2D eigenvalue weighted by Gasteiger charge is -2.14. The smallest absolute Gasteiger partial charge is 0.339 e. The molecule has 156 valence electrons. The van der Waals surface area contributed by atoms with E-state index in [9.17, 15) is 9.59 Å². The van der Waals surface area contributed by atoms with Crippen molar-refractivity contribution < 1.29 is 23.2 Å². The summed E-state index contributed by atoms with van der Waals surface area (Å²) in [7, 11) is 0. The second kappa shape index (κ2) is 9.13. The maximum Gasteiger partial charge on any atom is 0.339 e. The van der Waals surface area contributed by atoms with Crippen LogP contribution in [0.3, 0.4) is 0 Å². The zero-order valence-electron chi connectivity index (χ0n) is 16.8. The van der Waals surface area contributed by atoms with Gasteiger partial charge in [-0.1, -0.05) is 42.5 Å². The van der Waals surface area contributed by atoms with E-state index in [1.807, 2.05) is 30.3 Å². The van der Waals surface area contributed by atoms with Gasteiger partial charge in [-0.05, 0) is 31.2 Å². The third-order valence-corrected chi connectivity index (χ3v) is 4.61. The third-order valence-electron chi connectivity index (χ3n) is 4.61.